The summed E-state index contributed by atoms with van der Waals surface area (Å²) in [6.45, 7) is 7.92. The van der Waals surface area contributed by atoms with Gasteiger partial charge >= 0.3 is 0 Å². The highest BCUT2D eigenvalue weighted by Crippen LogP contribution is 2.40. The van der Waals surface area contributed by atoms with Crippen LogP contribution in [0.2, 0.25) is 0 Å². The number of hydrogen-bond acceptors (Lipinski definition) is 8. The lowest BCUT2D eigenvalue weighted by Crippen LogP contribution is -1.96. The van der Waals surface area contributed by atoms with Crippen LogP contribution >= 0.6 is 0 Å². The molecule has 88 heavy (non-hydrogen) atoms. The van der Waals surface area contributed by atoms with Gasteiger partial charge in [0.05, 0.1) is 55.9 Å². The summed E-state index contributed by atoms with van der Waals surface area (Å²) in [5.74, 6) is 1.61. The summed E-state index contributed by atoms with van der Waals surface area (Å²) in [5, 5.41) is 21.6. The van der Waals surface area contributed by atoms with Crippen LogP contribution in [0.1, 0.15) is 23.0 Å². The van der Waals surface area contributed by atoms with Crippen LogP contribution in [0.15, 0.2) is 267 Å². The molecule has 8 nitrogen and oxygen atoms in total. The Bertz CT molecular complexity index is 5530. The molecule has 18 rings (SSSR count). The normalized spacial score (nSPS) is 11.4. The molecule has 0 aliphatic carbocycles. The first kappa shape index (κ1) is 53.3. The van der Waals surface area contributed by atoms with Crippen LogP contribution in [0, 0.1) is 27.7 Å². The highest BCUT2D eigenvalue weighted by molar-refractivity contribution is 6.28. The predicted octanol–water partition coefficient (Wildman–Crippen LogP) is 20.3. The molecule has 0 fully saturated rings. The number of aryl methyl sites for hydroxylation is 4. The molecule has 0 atom stereocenters. The van der Waals surface area contributed by atoms with E-state index in [0.29, 0.717) is 0 Å². The molecular formula is C80H56N8. The monoisotopic (exact) mass is 1130 g/mol. The smallest absolute Gasteiger partial charge is 0.126 e. The second-order valence-corrected chi connectivity index (χ2v) is 22.2. The highest BCUT2D eigenvalue weighted by Gasteiger charge is 2.18. The fourth-order valence-electron chi connectivity index (χ4n) is 12.8. The minimum Gasteiger partial charge on any atom is -0.252 e. The average Bonchev–Trinajstić information content (AvgIpc) is 2.93. The SMILES string of the molecule is Cc1cnc2c3ccccc3c3ccccc3c2n1.Cc1nc(-c2ccccc2)c2c3ccccc3c3ccccc3c2n1.Cc1nc2c3ccccc3c3ccccc3c2nc1-c1ccccc1.Cc1ncc2c3ccccc3c3ccccc3c2n1. The molecule has 0 radical (unpaired) electrons. The fraction of sp³-hybridized carbons (Fsp3) is 0.0500. The minimum atomic E-state index is 0.798. The van der Waals surface area contributed by atoms with E-state index in [9.17, 15) is 0 Å². The van der Waals surface area contributed by atoms with Crippen molar-refractivity contribution >= 4 is 130 Å². The van der Waals surface area contributed by atoms with E-state index in [4.69, 9.17) is 24.9 Å². The quantitative estimate of drug-likeness (QED) is 0.158. The summed E-state index contributed by atoms with van der Waals surface area (Å²) < 4.78 is 0. The number of aromatic nitrogens is 8. The molecule has 0 bridgehead atoms. The Kier molecular flexibility index (Phi) is 13.6. The topological polar surface area (TPSA) is 103 Å². The van der Waals surface area contributed by atoms with Gasteiger partial charge in [-0.1, -0.05) is 255 Å². The van der Waals surface area contributed by atoms with Crippen molar-refractivity contribution < 1.29 is 0 Å². The molecular weight excluding hydrogens is 1070 g/mol. The number of fused-ring (bicyclic) bond motifs is 24. The van der Waals surface area contributed by atoms with E-state index < -0.39 is 0 Å². The van der Waals surface area contributed by atoms with Gasteiger partial charge < -0.3 is 0 Å². The lowest BCUT2D eigenvalue weighted by molar-refractivity contribution is 1.10. The zero-order chi connectivity index (χ0) is 59.2. The lowest BCUT2D eigenvalue weighted by atomic mass is 9.94. The third-order valence-electron chi connectivity index (χ3n) is 16.7. The maximum atomic E-state index is 5.06. The Hall–Kier alpha value is -11.5. The van der Waals surface area contributed by atoms with Crippen molar-refractivity contribution in [3.05, 3.63) is 290 Å². The van der Waals surface area contributed by atoms with E-state index in [0.717, 1.165) is 100 Å². The van der Waals surface area contributed by atoms with Gasteiger partial charge in [-0.3, -0.25) is 4.98 Å². The van der Waals surface area contributed by atoms with Crippen LogP contribution in [-0.4, -0.2) is 39.9 Å². The molecule has 8 heteroatoms. The van der Waals surface area contributed by atoms with Crippen LogP contribution in [0.25, 0.3) is 153 Å². The Morgan fingerprint density at radius 2 is 0.534 bits per heavy atom. The second-order valence-electron chi connectivity index (χ2n) is 22.2. The summed E-state index contributed by atoms with van der Waals surface area (Å²) in [5.41, 5.74) is 12.1. The Labute approximate surface area is 507 Å². The van der Waals surface area contributed by atoms with E-state index in [1.807, 2.05) is 64.4 Å². The molecule has 0 unspecified atom stereocenters. The predicted molar refractivity (Wildman–Crippen MR) is 368 cm³/mol. The average molecular weight is 1130 g/mol. The van der Waals surface area contributed by atoms with Gasteiger partial charge in [-0.05, 0) is 81.6 Å². The summed E-state index contributed by atoms with van der Waals surface area (Å²) in [6, 6.07) is 88.3. The maximum absolute atomic E-state index is 5.06. The summed E-state index contributed by atoms with van der Waals surface area (Å²) in [7, 11) is 0. The molecule has 0 aliphatic heterocycles. The molecule has 4 aromatic heterocycles. The molecule has 4 heterocycles. The fourth-order valence-corrected chi connectivity index (χ4v) is 12.8. The first-order valence-corrected chi connectivity index (χ1v) is 29.7. The third kappa shape index (κ3) is 9.44. The Balaban J connectivity index is 0.0000000993. The van der Waals surface area contributed by atoms with E-state index in [-0.39, 0.29) is 0 Å². The zero-order valence-corrected chi connectivity index (χ0v) is 49.0. The molecule has 14 aromatic carbocycles. The maximum Gasteiger partial charge on any atom is 0.126 e. The van der Waals surface area contributed by atoms with Gasteiger partial charge in [0.1, 0.15) is 11.6 Å². The Morgan fingerprint density at radius 3 is 1.01 bits per heavy atom. The molecule has 0 aliphatic rings. The number of rotatable bonds is 2. The van der Waals surface area contributed by atoms with Crippen LogP contribution in [0.4, 0.5) is 0 Å². The first-order valence-electron chi connectivity index (χ1n) is 29.7. The molecule has 0 spiro atoms. The molecule has 0 saturated carbocycles. The van der Waals surface area contributed by atoms with Crippen LogP contribution < -0.4 is 0 Å². The number of nitrogens with zero attached hydrogens (tertiary/aromatic N) is 8. The largest absolute Gasteiger partial charge is 0.252 e. The van der Waals surface area contributed by atoms with Crippen molar-refractivity contribution in [2.45, 2.75) is 27.7 Å². The highest BCUT2D eigenvalue weighted by atomic mass is 14.9. The standard InChI is InChI=1S/2C23H16N2.2C17H12N2/c1-15-24-22(16-9-3-2-4-10-16)21-19-13-7-5-11-17(19)18-12-6-8-14-20(18)23(21)25-15;1-15-21(16-9-3-2-4-10-16)25-23-20-14-8-6-12-18(20)17-11-5-7-13-19(17)22(23)24-15;1-11-10-18-16-14-8-4-2-6-12(14)13-7-3-5-9-15(13)17(16)19-11;1-11-18-10-16-14-8-3-2-6-12(14)13-7-4-5-9-15(13)17(16)19-11/h2*2-14H,1H3;2*2-10H,1H3. The van der Waals surface area contributed by atoms with Crippen molar-refractivity contribution in [3.8, 4) is 22.5 Å². The molecule has 0 amide bonds. The van der Waals surface area contributed by atoms with Gasteiger partial charge in [0, 0.05) is 66.6 Å². The van der Waals surface area contributed by atoms with Gasteiger partial charge in [-0.15, -0.1) is 0 Å². The third-order valence-corrected chi connectivity index (χ3v) is 16.7. The lowest BCUT2D eigenvalue weighted by Gasteiger charge is -2.13. The van der Waals surface area contributed by atoms with Crippen LogP contribution in [0.3, 0.4) is 0 Å². The van der Waals surface area contributed by atoms with Gasteiger partial charge in [0.15, 0.2) is 0 Å². The molecule has 416 valence electrons. The van der Waals surface area contributed by atoms with E-state index in [1.54, 1.807) is 0 Å². The molecule has 0 N–H and O–H groups in total. The molecule has 0 saturated heterocycles. The van der Waals surface area contributed by atoms with E-state index in [2.05, 4.69) is 245 Å². The van der Waals surface area contributed by atoms with Crippen molar-refractivity contribution in [3.63, 3.8) is 0 Å². The van der Waals surface area contributed by atoms with Crippen molar-refractivity contribution in [1.82, 2.24) is 39.9 Å². The first-order chi connectivity index (χ1) is 43.3. The van der Waals surface area contributed by atoms with Crippen molar-refractivity contribution in [2.75, 3.05) is 0 Å². The summed E-state index contributed by atoms with van der Waals surface area (Å²) in [4.78, 5) is 38.0. The number of benzene rings is 14. The van der Waals surface area contributed by atoms with Gasteiger partial charge in [-0.25, -0.2) is 34.9 Å². The van der Waals surface area contributed by atoms with Gasteiger partial charge in [-0.2, -0.15) is 0 Å². The van der Waals surface area contributed by atoms with E-state index in [1.165, 1.54) is 75.4 Å². The zero-order valence-electron chi connectivity index (χ0n) is 49.0. The summed E-state index contributed by atoms with van der Waals surface area (Å²) >= 11 is 0. The van der Waals surface area contributed by atoms with Crippen molar-refractivity contribution in [1.29, 1.82) is 0 Å². The second kappa shape index (κ2) is 22.5. The van der Waals surface area contributed by atoms with Gasteiger partial charge in [0.2, 0.25) is 0 Å². The summed E-state index contributed by atoms with van der Waals surface area (Å²) in [6.07, 6.45) is 3.77. The Morgan fingerprint density at radius 1 is 0.205 bits per heavy atom. The minimum absolute atomic E-state index is 0.798. The number of hydrogen-bond donors (Lipinski definition) is 0. The van der Waals surface area contributed by atoms with Crippen LogP contribution in [-0.2, 0) is 0 Å². The van der Waals surface area contributed by atoms with Gasteiger partial charge in [0.25, 0.3) is 0 Å². The van der Waals surface area contributed by atoms with Crippen LogP contribution in [0.5, 0.6) is 0 Å². The molecule has 18 aromatic rings. The van der Waals surface area contributed by atoms with Crippen molar-refractivity contribution in [2.24, 2.45) is 0 Å². The van der Waals surface area contributed by atoms with E-state index >= 15 is 0 Å².